The molecule has 1 aliphatic heterocycles. The molecule has 0 unspecified atom stereocenters. The lowest BCUT2D eigenvalue weighted by Gasteiger charge is -2.19. The van der Waals surface area contributed by atoms with Crippen LogP contribution < -0.4 is 10.2 Å². The molecule has 2 aromatic rings. The monoisotopic (exact) mass is 306 g/mol. The van der Waals surface area contributed by atoms with Crippen LogP contribution in [0.1, 0.15) is 17.5 Å². The van der Waals surface area contributed by atoms with Crippen LogP contribution in [0.5, 0.6) is 0 Å². The smallest absolute Gasteiger partial charge is 0.244 e. The van der Waals surface area contributed by atoms with E-state index in [0.717, 1.165) is 31.5 Å². The van der Waals surface area contributed by atoms with Crippen LogP contribution in [-0.2, 0) is 11.2 Å². The van der Waals surface area contributed by atoms with Gasteiger partial charge in [0, 0.05) is 31.4 Å². The topological polar surface area (TPSA) is 32.3 Å². The maximum absolute atomic E-state index is 11.8. The summed E-state index contributed by atoms with van der Waals surface area (Å²) in [5.41, 5.74) is 3.82. The number of hydrogen-bond acceptors (Lipinski definition) is 2. The first-order valence-corrected chi connectivity index (χ1v) is 8.17. The van der Waals surface area contributed by atoms with Gasteiger partial charge in [-0.2, -0.15) is 0 Å². The van der Waals surface area contributed by atoms with Gasteiger partial charge in [0.2, 0.25) is 5.91 Å². The number of amides is 1. The van der Waals surface area contributed by atoms with Gasteiger partial charge in [-0.1, -0.05) is 48.5 Å². The number of anilines is 1. The zero-order valence-electron chi connectivity index (χ0n) is 13.2. The van der Waals surface area contributed by atoms with E-state index in [1.165, 1.54) is 11.3 Å². The van der Waals surface area contributed by atoms with Gasteiger partial charge in [-0.15, -0.1) is 0 Å². The molecular weight excluding hydrogens is 284 g/mol. The lowest BCUT2D eigenvalue weighted by molar-refractivity contribution is -0.116. The third-order valence-corrected chi connectivity index (χ3v) is 4.11. The summed E-state index contributed by atoms with van der Waals surface area (Å²) in [5.74, 6) is -0.0318. The first-order valence-electron chi connectivity index (χ1n) is 8.17. The summed E-state index contributed by atoms with van der Waals surface area (Å²) >= 11 is 0. The van der Waals surface area contributed by atoms with Crippen molar-refractivity contribution in [3.63, 3.8) is 0 Å². The number of para-hydroxylation sites is 1. The molecule has 0 radical (unpaired) electrons. The number of rotatable bonds is 6. The van der Waals surface area contributed by atoms with Gasteiger partial charge in [0.15, 0.2) is 0 Å². The molecule has 1 aliphatic rings. The molecule has 0 aliphatic carbocycles. The van der Waals surface area contributed by atoms with Crippen LogP contribution in [0.2, 0.25) is 0 Å². The van der Waals surface area contributed by atoms with E-state index in [4.69, 9.17) is 0 Å². The fourth-order valence-corrected chi connectivity index (χ4v) is 2.92. The fourth-order valence-electron chi connectivity index (χ4n) is 2.92. The Balaban J connectivity index is 1.39. The third kappa shape index (κ3) is 4.22. The number of carbonyl (C=O) groups is 1. The predicted molar refractivity (Wildman–Crippen MR) is 95.5 cm³/mol. The molecule has 23 heavy (non-hydrogen) atoms. The lowest BCUT2D eigenvalue weighted by Crippen LogP contribution is -2.28. The molecule has 0 spiro atoms. The summed E-state index contributed by atoms with van der Waals surface area (Å²) in [4.78, 5) is 14.2. The van der Waals surface area contributed by atoms with Crippen molar-refractivity contribution in [1.29, 1.82) is 0 Å². The highest BCUT2D eigenvalue weighted by Gasteiger charge is 2.17. The summed E-state index contributed by atoms with van der Waals surface area (Å²) in [6.07, 6.45) is 5.52. The highest BCUT2D eigenvalue weighted by molar-refractivity contribution is 5.91. The molecule has 1 amide bonds. The molecule has 3 nitrogen and oxygen atoms in total. The van der Waals surface area contributed by atoms with E-state index in [-0.39, 0.29) is 5.91 Å². The molecule has 1 N–H and O–H groups in total. The van der Waals surface area contributed by atoms with Gasteiger partial charge in [0.05, 0.1) is 0 Å². The van der Waals surface area contributed by atoms with E-state index in [9.17, 15) is 4.79 Å². The molecule has 2 aromatic carbocycles. The van der Waals surface area contributed by atoms with Gasteiger partial charge in [0.1, 0.15) is 0 Å². The van der Waals surface area contributed by atoms with E-state index < -0.39 is 0 Å². The van der Waals surface area contributed by atoms with Gasteiger partial charge in [-0.25, -0.2) is 0 Å². The molecule has 0 aromatic heterocycles. The number of fused-ring (bicyclic) bond motifs is 1. The molecule has 0 bridgehead atoms. The van der Waals surface area contributed by atoms with E-state index in [0.29, 0.717) is 6.54 Å². The minimum atomic E-state index is -0.0318. The first kappa shape index (κ1) is 15.3. The van der Waals surface area contributed by atoms with Crippen LogP contribution in [0.3, 0.4) is 0 Å². The van der Waals surface area contributed by atoms with Gasteiger partial charge in [0.25, 0.3) is 0 Å². The largest absolute Gasteiger partial charge is 0.371 e. The van der Waals surface area contributed by atoms with Crippen molar-refractivity contribution in [2.75, 3.05) is 24.5 Å². The fraction of sp³-hybridized carbons (Fsp3) is 0.250. The number of hydrogen-bond donors (Lipinski definition) is 1. The van der Waals surface area contributed by atoms with Crippen molar-refractivity contribution < 1.29 is 4.79 Å². The molecular formula is C20H22N2O. The second kappa shape index (κ2) is 7.63. The van der Waals surface area contributed by atoms with Crippen LogP contribution >= 0.6 is 0 Å². The Hall–Kier alpha value is -2.55. The second-order valence-corrected chi connectivity index (χ2v) is 5.75. The molecule has 118 valence electrons. The molecule has 0 saturated heterocycles. The summed E-state index contributed by atoms with van der Waals surface area (Å²) < 4.78 is 0. The highest BCUT2D eigenvalue weighted by atomic mass is 16.1. The summed E-state index contributed by atoms with van der Waals surface area (Å²) in [6.45, 7) is 2.78. The zero-order valence-corrected chi connectivity index (χ0v) is 13.2. The van der Waals surface area contributed by atoms with Gasteiger partial charge >= 0.3 is 0 Å². The quantitative estimate of drug-likeness (QED) is 0.656. The summed E-state index contributed by atoms with van der Waals surface area (Å²) in [7, 11) is 0. The minimum absolute atomic E-state index is 0.0318. The standard InChI is InChI=1S/C20H22N2O/c23-20(12-11-17-7-2-1-3-8-17)21-14-6-15-22-16-13-18-9-4-5-10-19(18)22/h1-5,7-12H,6,13-16H2,(H,21,23)/b12-11+. The third-order valence-electron chi connectivity index (χ3n) is 4.11. The Kier molecular flexibility index (Phi) is 5.09. The Labute approximate surface area is 137 Å². The van der Waals surface area contributed by atoms with Gasteiger partial charge in [-0.3, -0.25) is 4.79 Å². The van der Waals surface area contributed by atoms with Crippen molar-refractivity contribution in [3.05, 3.63) is 71.8 Å². The SMILES string of the molecule is O=C(/C=C/c1ccccc1)NCCCN1CCc2ccccc21. The lowest BCUT2D eigenvalue weighted by atomic mass is 10.2. The molecule has 0 atom stereocenters. The summed E-state index contributed by atoms with van der Waals surface area (Å²) in [6, 6.07) is 18.4. The Morgan fingerprint density at radius 1 is 1.09 bits per heavy atom. The van der Waals surface area contributed by atoms with Crippen LogP contribution in [0.4, 0.5) is 5.69 Å². The number of nitrogens with one attached hydrogen (secondary N) is 1. The molecule has 3 rings (SSSR count). The maximum Gasteiger partial charge on any atom is 0.244 e. The van der Waals surface area contributed by atoms with E-state index in [1.54, 1.807) is 6.08 Å². The normalized spacial score (nSPS) is 13.3. The number of benzene rings is 2. The molecule has 3 heteroatoms. The second-order valence-electron chi connectivity index (χ2n) is 5.75. The first-order chi connectivity index (χ1) is 11.3. The van der Waals surface area contributed by atoms with Gasteiger partial charge < -0.3 is 10.2 Å². The molecule has 0 fully saturated rings. The van der Waals surface area contributed by atoms with Crippen molar-refractivity contribution in [2.45, 2.75) is 12.8 Å². The highest BCUT2D eigenvalue weighted by Crippen LogP contribution is 2.27. The van der Waals surface area contributed by atoms with Crippen molar-refractivity contribution >= 4 is 17.7 Å². The predicted octanol–water partition coefficient (Wildman–Crippen LogP) is 3.27. The maximum atomic E-state index is 11.8. The Morgan fingerprint density at radius 3 is 2.74 bits per heavy atom. The average Bonchev–Trinajstić information content (AvgIpc) is 3.01. The summed E-state index contributed by atoms with van der Waals surface area (Å²) in [5, 5.41) is 2.95. The molecule has 1 heterocycles. The number of carbonyl (C=O) groups excluding carboxylic acids is 1. The van der Waals surface area contributed by atoms with Crippen LogP contribution in [0.15, 0.2) is 60.7 Å². The average molecular weight is 306 g/mol. The van der Waals surface area contributed by atoms with E-state index in [2.05, 4.69) is 34.5 Å². The van der Waals surface area contributed by atoms with Gasteiger partial charge in [-0.05, 0) is 36.1 Å². The zero-order chi connectivity index (χ0) is 15.9. The minimum Gasteiger partial charge on any atom is -0.371 e. The van der Waals surface area contributed by atoms with E-state index >= 15 is 0 Å². The number of nitrogens with zero attached hydrogens (tertiary/aromatic N) is 1. The van der Waals surface area contributed by atoms with Crippen molar-refractivity contribution in [1.82, 2.24) is 5.32 Å². The van der Waals surface area contributed by atoms with Crippen LogP contribution in [-0.4, -0.2) is 25.5 Å². The Bertz CT molecular complexity index is 679. The van der Waals surface area contributed by atoms with E-state index in [1.807, 2.05) is 36.4 Å². The Morgan fingerprint density at radius 2 is 1.87 bits per heavy atom. The van der Waals surface area contributed by atoms with Crippen LogP contribution in [0, 0.1) is 0 Å². The molecule has 0 saturated carbocycles. The van der Waals surface area contributed by atoms with Crippen LogP contribution in [0.25, 0.3) is 6.08 Å². The van der Waals surface area contributed by atoms with Crippen molar-refractivity contribution in [3.8, 4) is 0 Å². The van der Waals surface area contributed by atoms with Crippen molar-refractivity contribution in [2.24, 2.45) is 0 Å².